The fourth-order valence-electron chi connectivity index (χ4n) is 1.82. The number of halogens is 4. The van der Waals surface area contributed by atoms with E-state index in [0.717, 1.165) is 18.9 Å². The van der Waals surface area contributed by atoms with Crippen molar-refractivity contribution in [2.75, 3.05) is 0 Å². The highest BCUT2D eigenvalue weighted by Gasteiger charge is 2.33. The van der Waals surface area contributed by atoms with Crippen LogP contribution in [-0.2, 0) is 6.18 Å². The molecule has 0 N–H and O–H groups in total. The molecule has 1 aromatic heterocycles. The summed E-state index contributed by atoms with van der Waals surface area (Å²) in [6.07, 6.45) is -2.35. The number of ether oxygens (including phenoxy) is 1. The van der Waals surface area contributed by atoms with Gasteiger partial charge in [0.05, 0.1) is 11.8 Å². The first-order valence-electron chi connectivity index (χ1n) is 6.31. The van der Waals surface area contributed by atoms with Crippen LogP contribution >= 0.6 is 11.6 Å². The van der Waals surface area contributed by atoms with Gasteiger partial charge >= 0.3 is 6.18 Å². The topological polar surface area (TPSA) is 35.0 Å². The van der Waals surface area contributed by atoms with Crippen LogP contribution in [0.15, 0.2) is 30.3 Å². The van der Waals surface area contributed by atoms with E-state index in [1.54, 1.807) is 24.3 Å². The molecule has 0 spiro atoms. The van der Waals surface area contributed by atoms with Crippen LogP contribution in [0, 0.1) is 0 Å². The Hall–Kier alpha value is -1.82. The molecule has 3 rings (SSSR count). The smallest absolute Gasteiger partial charge is 0.433 e. The molecule has 1 aliphatic carbocycles. The minimum atomic E-state index is -4.57. The van der Waals surface area contributed by atoms with Crippen molar-refractivity contribution in [3.63, 3.8) is 0 Å². The van der Waals surface area contributed by atoms with Gasteiger partial charge in [0.1, 0.15) is 11.4 Å². The molecule has 1 aromatic carbocycles. The molecule has 0 radical (unpaired) electrons. The molecule has 110 valence electrons. The Morgan fingerprint density at radius 3 is 2.57 bits per heavy atom. The molecule has 2 aromatic rings. The largest absolute Gasteiger partial charge is 0.490 e. The fourth-order valence-corrected chi connectivity index (χ4v) is 2.00. The minimum Gasteiger partial charge on any atom is -0.490 e. The molecule has 0 unspecified atom stereocenters. The van der Waals surface area contributed by atoms with Gasteiger partial charge in [-0.3, -0.25) is 0 Å². The Kier molecular flexibility index (Phi) is 3.49. The van der Waals surface area contributed by atoms with Gasteiger partial charge in [0.2, 0.25) is 5.28 Å². The standard InChI is InChI=1S/C14H10ClF3N2O/c15-13-19-11(7-12(20-13)14(16,17)18)8-2-1-3-10(6-8)21-9-4-5-9/h1-3,6-7,9H,4-5H2. The molecule has 0 amide bonds. The molecule has 1 aliphatic rings. The van der Waals surface area contributed by atoms with Crippen molar-refractivity contribution in [3.05, 3.63) is 41.3 Å². The third-order valence-corrected chi connectivity index (χ3v) is 3.12. The molecule has 1 heterocycles. The normalized spacial score (nSPS) is 15.0. The Morgan fingerprint density at radius 2 is 1.90 bits per heavy atom. The van der Waals surface area contributed by atoms with Crippen LogP contribution in [-0.4, -0.2) is 16.1 Å². The van der Waals surface area contributed by atoms with Crippen molar-refractivity contribution >= 4 is 11.6 Å². The van der Waals surface area contributed by atoms with E-state index in [0.29, 0.717) is 11.3 Å². The Labute approximate surface area is 123 Å². The molecular formula is C14H10ClF3N2O. The van der Waals surface area contributed by atoms with E-state index in [4.69, 9.17) is 16.3 Å². The van der Waals surface area contributed by atoms with E-state index in [9.17, 15) is 13.2 Å². The number of aromatic nitrogens is 2. The Bertz CT molecular complexity index is 672. The van der Waals surface area contributed by atoms with Crippen LogP contribution in [0.1, 0.15) is 18.5 Å². The Balaban J connectivity index is 1.97. The lowest BCUT2D eigenvalue weighted by Gasteiger charge is -2.09. The fraction of sp³-hybridized carbons (Fsp3) is 0.286. The maximum atomic E-state index is 12.7. The molecule has 7 heteroatoms. The van der Waals surface area contributed by atoms with Crippen LogP contribution in [0.25, 0.3) is 11.3 Å². The van der Waals surface area contributed by atoms with Crippen LogP contribution in [0.3, 0.4) is 0 Å². The van der Waals surface area contributed by atoms with Crippen molar-refractivity contribution in [2.24, 2.45) is 0 Å². The van der Waals surface area contributed by atoms with Gasteiger partial charge in [-0.05, 0) is 42.6 Å². The summed E-state index contributed by atoms with van der Waals surface area (Å²) >= 11 is 5.59. The average Bonchev–Trinajstić information content (AvgIpc) is 3.21. The molecule has 0 bridgehead atoms. The van der Waals surface area contributed by atoms with Crippen LogP contribution in [0.5, 0.6) is 5.75 Å². The summed E-state index contributed by atoms with van der Waals surface area (Å²) in [5.41, 5.74) is -0.447. The SMILES string of the molecule is FC(F)(F)c1cc(-c2cccc(OC3CC3)c2)nc(Cl)n1. The molecule has 21 heavy (non-hydrogen) atoms. The van der Waals surface area contributed by atoms with Gasteiger partial charge in [-0.15, -0.1) is 0 Å². The highest BCUT2D eigenvalue weighted by molar-refractivity contribution is 6.28. The van der Waals surface area contributed by atoms with E-state index in [-0.39, 0.29) is 11.8 Å². The lowest BCUT2D eigenvalue weighted by Crippen LogP contribution is -2.09. The summed E-state index contributed by atoms with van der Waals surface area (Å²) in [5, 5.41) is -0.437. The minimum absolute atomic E-state index is 0.114. The van der Waals surface area contributed by atoms with Crippen molar-refractivity contribution in [3.8, 4) is 17.0 Å². The quantitative estimate of drug-likeness (QED) is 0.790. The lowest BCUT2D eigenvalue weighted by molar-refractivity contribution is -0.141. The van der Waals surface area contributed by atoms with Crippen molar-refractivity contribution in [1.29, 1.82) is 0 Å². The molecule has 0 aliphatic heterocycles. The molecule has 0 atom stereocenters. The predicted octanol–water partition coefficient (Wildman–Crippen LogP) is 4.36. The van der Waals surface area contributed by atoms with Gasteiger partial charge in [0.15, 0.2) is 0 Å². The zero-order valence-electron chi connectivity index (χ0n) is 10.7. The van der Waals surface area contributed by atoms with Crippen molar-refractivity contribution in [1.82, 2.24) is 9.97 Å². The number of benzene rings is 1. The zero-order valence-corrected chi connectivity index (χ0v) is 11.4. The van der Waals surface area contributed by atoms with Crippen molar-refractivity contribution < 1.29 is 17.9 Å². The summed E-state index contributed by atoms with van der Waals surface area (Å²) in [4.78, 5) is 7.06. The number of nitrogens with zero attached hydrogens (tertiary/aromatic N) is 2. The lowest BCUT2D eigenvalue weighted by atomic mass is 10.1. The van der Waals surface area contributed by atoms with Gasteiger partial charge in [-0.2, -0.15) is 13.2 Å². The van der Waals surface area contributed by atoms with Crippen molar-refractivity contribution in [2.45, 2.75) is 25.1 Å². The number of alkyl halides is 3. The average molecular weight is 315 g/mol. The first-order chi connectivity index (χ1) is 9.91. The second-order valence-electron chi connectivity index (χ2n) is 4.75. The molecular weight excluding hydrogens is 305 g/mol. The van der Waals surface area contributed by atoms with E-state index >= 15 is 0 Å². The van der Waals surface area contributed by atoms with E-state index < -0.39 is 17.2 Å². The maximum Gasteiger partial charge on any atom is 0.433 e. The molecule has 3 nitrogen and oxygen atoms in total. The summed E-state index contributed by atoms with van der Waals surface area (Å²) in [5.74, 6) is 0.610. The zero-order chi connectivity index (χ0) is 15.0. The predicted molar refractivity (Wildman–Crippen MR) is 71.1 cm³/mol. The third kappa shape index (κ3) is 3.44. The second kappa shape index (κ2) is 5.18. The van der Waals surface area contributed by atoms with E-state index in [1.807, 2.05) is 0 Å². The highest BCUT2D eigenvalue weighted by atomic mass is 35.5. The number of hydrogen-bond donors (Lipinski definition) is 0. The van der Waals surface area contributed by atoms with E-state index in [1.165, 1.54) is 0 Å². The van der Waals surface area contributed by atoms with Gasteiger partial charge in [-0.25, -0.2) is 9.97 Å². The first kappa shape index (κ1) is 14.1. The highest BCUT2D eigenvalue weighted by Crippen LogP contribution is 2.33. The third-order valence-electron chi connectivity index (χ3n) is 2.95. The first-order valence-corrected chi connectivity index (χ1v) is 6.68. The maximum absolute atomic E-state index is 12.7. The molecule has 0 saturated heterocycles. The van der Waals surface area contributed by atoms with Crippen LogP contribution in [0.2, 0.25) is 5.28 Å². The number of hydrogen-bond acceptors (Lipinski definition) is 3. The second-order valence-corrected chi connectivity index (χ2v) is 5.09. The summed E-state index contributed by atoms with van der Waals surface area (Å²) in [6.45, 7) is 0. The molecule has 1 saturated carbocycles. The van der Waals surface area contributed by atoms with Gasteiger partial charge in [-0.1, -0.05) is 12.1 Å². The summed E-state index contributed by atoms with van der Waals surface area (Å²) in [7, 11) is 0. The Morgan fingerprint density at radius 1 is 1.14 bits per heavy atom. The van der Waals surface area contributed by atoms with Gasteiger partial charge in [0, 0.05) is 5.56 Å². The van der Waals surface area contributed by atoms with Gasteiger partial charge in [0.25, 0.3) is 0 Å². The van der Waals surface area contributed by atoms with E-state index in [2.05, 4.69) is 9.97 Å². The molecule has 1 fully saturated rings. The summed E-state index contributed by atoms with van der Waals surface area (Å²) < 4.78 is 43.9. The van der Waals surface area contributed by atoms with Gasteiger partial charge < -0.3 is 4.74 Å². The monoisotopic (exact) mass is 314 g/mol. The number of rotatable bonds is 3. The van der Waals surface area contributed by atoms with Crippen LogP contribution < -0.4 is 4.74 Å². The summed E-state index contributed by atoms with van der Waals surface area (Å²) in [6, 6.07) is 7.64. The van der Waals surface area contributed by atoms with Crippen LogP contribution in [0.4, 0.5) is 13.2 Å².